The highest BCUT2D eigenvalue weighted by molar-refractivity contribution is 7.07. The molecule has 3 heterocycles. The molecule has 0 N–H and O–H groups in total. The maximum atomic E-state index is 12.4. The van der Waals surface area contributed by atoms with Crippen LogP contribution in [-0.4, -0.2) is 21.9 Å². The van der Waals surface area contributed by atoms with Gasteiger partial charge in [0.2, 0.25) is 5.91 Å². The third kappa shape index (κ3) is 2.54. The summed E-state index contributed by atoms with van der Waals surface area (Å²) >= 11 is 1.65. The van der Waals surface area contributed by atoms with Gasteiger partial charge in [0.25, 0.3) is 5.56 Å². The molecule has 3 rings (SSSR count). The third-order valence-corrected chi connectivity index (χ3v) is 4.41. The molecule has 5 heteroatoms. The lowest BCUT2D eigenvalue weighted by Crippen LogP contribution is -2.35. The molecule has 2 aromatic heterocycles. The molecule has 0 bridgehead atoms. The summed E-state index contributed by atoms with van der Waals surface area (Å²) in [7, 11) is 0. The number of aromatic nitrogens is 1. The molecule has 1 atom stereocenters. The molecule has 1 amide bonds. The van der Waals surface area contributed by atoms with E-state index in [1.54, 1.807) is 29.7 Å². The Morgan fingerprint density at radius 2 is 2.25 bits per heavy atom. The predicted molar refractivity (Wildman–Crippen MR) is 78.7 cm³/mol. The van der Waals surface area contributed by atoms with E-state index in [-0.39, 0.29) is 24.1 Å². The second-order valence-electron chi connectivity index (χ2n) is 4.97. The molecule has 0 spiro atoms. The summed E-state index contributed by atoms with van der Waals surface area (Å²) < 4.78 is 1.46. The Balaban J connectivity index is 1.77. The van der Waals surface area contributed by atoms with E-state index >= 15 is 0 Å². The Kier molecular flexibility index (Phi) is 3.69. The molecule has 0 radical (unpaired) electrons. The first kappa shape index (κ1) is 13.1. The summed E-state index contributed by atoms with van der Waals surface area (Å²) in [5, 5.41) is 4.14. The lowest BCUT2D eigenvalue weighted by molar-refractivity contribution is -0.132. The molecule has 2 aromatic rings. The highest BCUT2D eigenvalue weighted by atomic mass is 32.1. The van der Waals surface area contributed by atoms with Gasteiger partial charge in [-0.1, -0.05) is 6.07 Å². The van der Waals surface area contributed by atoms with Crippen LogP contribution in [0.5, 0.6) is 0 Å². The summed E-state index contributed by atoms with van der Waals surface area (Å²) in [6.07, 6.45) is 3.69. The Labute approximate surface area is 121 Å². The normalized spacial score (nSPS) is 18.4. The van der Waals surface area contributed by atoms with E-state index in [0.717, 1.165) is 19.4 Å². The first-order valence-electron chi connectivity index (χ1n) is 6.73. The van der Waals surface area contributed by atoms with Gasteiger partial charge in [-0.15, -0.1) is 0 Å². The molecule has 0 unspecified atom stereocenters. The Bertz CT molecular complexity index is 648. The van der Waals surface area contributed by atoms with Crippen molar-refractivity contribution in [2.24, 2.45) is 0 Å². The number of thiophene rings is 1. The van der Waals surface area contributed by atoms with Gasteiger partial charge >= 0.3 is 0 Å². The average molecular weight is 288 g/mol. The lowest BCUT2D eigenvalue weighted by atomic mass is 10.1. The summed E-state index contributed by atoms with van der Waals surface area (Å²) in [5.74, 6) is 0.0204. The fourth-order valence-corrected chi connectivity index (χ4v) is 3.41. The minimum atomic E-state index is -0.132. The van der Waals surface area contributed by atoms with Gasteiger partial charge in [0.1, 0.15) is 6.54 Å². The van der Waals surface area contributed by atoms with E-state index in [0.29, 0.717) is 0 Å². The van der Waals surface area contributed by atoms with E-state index in [1.807, 2.05) is 10.3 Å². The number of pyridine rings is 1. The van der Waals surface area contributed by atoms with Crippen LogP contribution in [-0.2, 0) is 11.3 Å². The van der Waals surface area contributed by atoms with Crippen LogP contribution in [0.15, 0.2) is 46.0 Å². The van der Waals surface area contributed by atoms with Crippen LogP contribution >= 0.6 is 11.3 Å². The van der Waals surface area contributed by atoms with Crippen molar-refractivity contribution in [2.75, 3.05) is 6.54 Å². The van der Waals surface area contributed by atoms with Crippen molar-refractivity contribution >= 4 is 17.2 Å². The zero-order valence-corrected chi connectivity index (χ0v) is 11.9. The fourth-order valence-electron chi connectivity index (χ4n) is 2.70. The van der Waals surface area contributed by atoms with Gasteiger partial charge < -0.3 is 9.47 Å². The molecule has 0 aliphatic carbocycles. The quantitative estimate of drug-likeness (QED) is 0.869. The van der Waals surface area contributed by atoms with Crippen LogP contribution < -0.4 is 5.56 Å². The van der Waals surface area contributed by atoms with E-state index in [2.05, 4.69) is 11.4 Å². The minimum absolute atomic E-state index is 0.0204. The highest BCUT2D eigenvalue weighted by Gasteiger charge is 2.30. The van der Waals surface area contributed by atoms with Crippen molar-refractivity contribution in [3.8, 4) is 0 Å². The fraction of sp³-hybridized carbons (Fsp3) is 0.333. The highest BCUT2D eigenvalue weighted by Crippen LogP contribution is 2.33. The summed E-state index contributed by atoms with van der Waals surface area (Å²) in [6, 6.07) is 7.19. The second kappa shape index (κ2) is 5.63. The number of nitrogens with zero attached hydrogens (tertiary/aromatic N) is 2. The van der Waals surface area contributed by atoms with Crippen molar-refractivity contribution in [1.29, 1.82) is 0 Å². The largest absolute Gasteiger partial charge is 0.334 e. The van der Waals surface area contributed by atoms with Crippen molar-refractivity contribution in [2.45, 2.75) is 25.4 Å². The minimum Gasteiger partial charge on any atom is -0.334 e. The van der Waals surface area contributed by atoms with Crippen LogP contribution in [0, 0.1) is 0 Å². The predicted octanol–water partition coefficient (Wildman–Crippen LogP) is 2.27. The molecule has 1 fully saturated rings. The maximum absolute atomic E-state index is 12.4. The van der Waals surface area contributed by atoms with Gasteiger partial charge in [-0.25, -0.2) is 0 Å². The number of carbonyl (C=O) groups is 1. The Morgan fingerprint density at radius 3 is 3.00 bits per heavy atom. The number of carbonyl (C=O) groups excluding carboxylic acids is 1. The molecule has 1 saturated heterocycles. The van der Waals surface area contributed by atoms with E-state index < -0.39 is 0 Å². The summed E-state index contributed by atoms with van der Waals surface area (Å²) in [5.41, 5.74) is 1.08. The standard InChI is InChI=1S/C15H16N2O2S/c18-14-5-1-2-7-16(14)10-15(19)17-8-3-4-13(17)12-6-9-20-11-12/h1-2,5-7,9,11,13H,3-4,8,10H2/t13-/m0/s1. The smallest absolute Gasteiger partial charge is 0.250 e. The lowest BCUT2D eigenvalue weighted by Gasteiger charge is -2.24. The van der Waals surface area contributed by atoms with Crippen LogP contribution in [0.4, 0.5) is 0 Å². The number of rotatable bonds is 3. The molecule has 0 saturated carbocycles. The average Bonchev–Trinajstić information content (AvgIpc) is 3.11. The second-order valence-corrected chi connectivity index (χ2v) is 5.75. The zero-order valence-electron chi connectivity index (χ0n) is 11.1. The van der Waals surface area contributed by atoms with Crippen LogP contribution in [0.1, 0.15) is 24.4 Å². The number of hydrogen-bond donors (Lipinski definition) is 0. The van der Waals surface area contributed by atoms with Crippen molar-refractivity contribution < 1.29 is 4.79 Å². The summed E-state index contributed by atoms with van der Waals surface area (Å²) in [4.78, 5) is 26.0. The van der Waals surface area contributed by atoms with Gasteiger partial charge in [0.05, 0.1) is 6.04 Å². The molecule has 1 aliphatic heterocycles. The van der Waals surface area contributed by atoms with Gasteiger partial charge in [-0.05, 0) is 41.3 Å². The number of hydrogen-bond acceptors (Lipinski definition) is 3. The van der Waals surface area contributed by atoms with Crippen LogP contribution in [0.2, 0.25) is 0 Å². The van der Waals surface area contributed by atoms with Crippen LogP contribution in [0.25, 0.3) is 0 Å². The molecule has 0 aromatic carbocycles. The van der Waals surface area contributed by atoms with Crippen molar-refractivity contribution in [3.05, 3.63) is 57.1 Å². The Hall–Kier alpha value is -1.88. The molecule has 1 aliphatic rings. The molecule has 4 nitrogen and oxygen atoms in total. The third-order valence-electron chi connectivity index (χ3n) is 3.71. The molecular weight excluding hydrogens is 272 g/mol. The zero-order chi connectivity index (χ0) is 13.9. The van der Waals surface area contributed by atoms with E-state index in [4.69, 9.17) is 0 Å². The molecule has 104 valence electrons. The molecule has 20 heavy (non-hydrogen) atoms. The summed E-state index contributed by atoms with van der Waals surface area (Å²) in [6.45, 7) is 0.904. The SMILES string of the molecule is O=C(Cn1ccccc1=O)N1CCC[C@H]1c1ccsc1. The van der Waals surface area contributed by atoms with Gasteiger partial charge in [-0.3, -0.25) is 9.59 Å². The first-order chi connectivity index (χ1) is 9.75. The first-order valence-corrected chi connectivity index (χ1v) is 7.67. The number of likely N-dealkylation sites (tertiary alicyclic amines) is 1. The topological polar surface area (TPSA) is 42.3 Å². The van der Waals surface area contributed by atoms with Crippen molar-refractivity contribution in [3.63, 3.8) is 0 Å². The number of amides is 1. The van der Waals surface area contributed by atoms with Crippen LogP contribution in [0.3, 0.4) is 0 Å². The van der Waals surface area contributed by atoms with E-state index in [9.17, 15) is 9.59 Å². The monoisotopic (exact) mass is 288 g/mol. The molecular formula is C15H16N2O2S. The Morgan fingerprint density at radius 1 is 1.35 bits per heavy atom. The van der Waals surface area contributed by atoms with Gasteiger partial charge in [0.15, 0.2) is 0 Å². The van der Waals surface area contributed by atoms with Crippen molar-refractivity contribution in [1.82, 2.24) is 9.47 Å². The van der Waals surface area contributed by atoms with E-state index in [1.165, 1.54) is 16.2 Å². The maximum Gasteiger partial charge on any atom is 0.250 e. The van der Waals surface area contributed by atoms with Gasteiger partial charge in [0, 0.05) is 18.8 Å². The van der Waals surface area contributed by atoms with Gasteiger partial charge in [-0.2, -0.15) is 11.3 Å².